The van der Waals surface area contributed by atoms with Crippen LogP contribution in [0.2, 0.25) is 0 Å². The monoisotopic (exact) mass is 278 g/mol. The number of nitrogen functional groups attached to an aromatic ring is 1. The van der Waals surface area contributed by atoms with Gasteiger partial charge < -0.3 is 20.1 Å². The van der Waals surface area contributed by atoms with Crippen molar-refractivity contribution in [2.45, 2.75) is 25.4 Å². The van der Waals surface area contributed by atoms with Crippen molar-refractivity contribution in [3.05, 3.63) is 24.3 Å². The molecule has 0 radical (unpaired) electrons. The van der Waals surface area contributed by atoms with Crippen molar-refractivity contribution < 1.29 is 14.3 Å². The number of benzene rings is 1. The number of rotatable bonds is 5. The van der Waals surface area contributed by atoms with Crippen LogP contribution in [0.4, 0.5) is 5.69 Å². The molecule has 2 N–H and O–H groups in total. The second kappa shape index (κ2) is 7.14. The molecule has 1 aliphatic heterocycles. The molecule has 2 rings (SSSR count). The molecule has 0 aliphatic carbocycles. The molecule has 0 aromatic heterocycles. The number of carbonyl (C=O) groups excluding carboxylic acids is 1. The Labute approximate surface area is 119 Å². The van der Waals surface area contributed by atoms with Crippen LogP contribution in [-0.4, -0.2) is 43.7 Å². The van der Waals surface area contributed by atoms with Crippen LogP contribution in [0.3, 0.4) is 0 Å². The van der Waals surface area contributed by atoms with Crippen molar-refractivity contribution in [2.75, 3.05) is 32.5 Å². The third kappa shape index (κ3) is 4.13. The molecule has 0 unspecified atom stereocenters. The predicted molar refractivity (Wildman–Crippen MR) is 77.6 cm³/mol. The summed E-state index contributed by atoms with van der Waals surface area (Å²) in [5, 5.41) is 0. The minimum atomic E-state index is 0.148. The first-order valence-electron chi connectivity index (χ1n) is 6.98. The van der Waals surface area contributed by atoms with Crippen LogP contribution in [0.1, 0.15) is 19.3 Å². The van der Waals surface area contributed by atoms with E-state index in [1.54, 1.807) is 19.2 Å². The van der Waals surface area contributed by atoms with E-state index in [2.05, 4.69) is 0 Å². The van der Waals surface area contributed by atoms with E-state index in [1.807, 2.05) is 17.0 Å². The highest BCUT2D eigenvalue weighted by Crippen LogP contribution is 2.15. The maximum atomic E-state index is 12.0. The summed E-state index contributed by atoms with van der Waals surface area (Å²) in [4.78, 5) is 13.9. The van der Waals surface area contributed by atoms with Gasteiger partial charge in [0.15, 0.2) is 0 Å². The molecule has 1 aliphatic rings. The van der Waals surface area contributed by atoms with Gasteiger partial charge in [0.2, 0.25) is 5.91 Å². The SMILES string of the molecule is COC1CCN(C(=O)CCOc2ccc(N)cc2)CC1. The zero-order valence-electron chi connectivity index (χ0n) is 11.9. The fraction of sp³-hybridized carbons (Fsp3) is 0.533. The van der Waals surface area contributed by atoms with Gasteiger partial charge in [-0.25, -0.2) is 0 Å². The second-order valence-corrected chi connectivity index (χ2v) is 4.98. The summed E-state index contributed by atoms with van der Waals surface area (Å²) < 4.78 is 10.8. The maximum Gasteiger partial charge on any atom is 0.226 e. The first-order valence-corrected chi connectivity index (χ1v) is 6.98. The third-order valence-corrected chi connectivity index (χ3v) is 3.59. The van der Waals surface area contributed by atoms with Gasteiger partial charge in [0, 0.05) is 25.9 Å². The molecule has 1 aromatic carbocycles. The van der Waals surface area contributed by atoms with Gasteiger partial charge in [-0.15, -0.1) is 0 Å². The first kappa shape index (κ1) is 14.7. The average Bonchev–Trinajstić information content (AvgIpc) is 2.49. The lowest BCUT2D eigenvalue weighted by Gasteiger charge is -2.31. The van der Waals surface area contributed by atoms with Gasteiger partial charge in [0.05, 0.1) is 19.1 Å². The van der Waals surface area contributed by atoms with Crippen LogP contribution in [0.15, 0.2) is 24.3 Å². The summed E-state index contributed by atoms with van der Waals surface area (Å²) in [5.41, 5.74) is 6.30. The van der Waals surface area contributed by atoms with E-state index in [0.717, 1.165) is 31.7 Å². The summed E-state index contributed by atoms with van der Waals surface area (Å²) in [5.74, 6) is 0.889. The minimum Gasteiger partial charge on any atom is -0.493 e. The quantitative estimate of drug-likeness (QED) is 0.832. The highest BCUT2D eigenvalue weighted by molar-refractivity contribution is 5.76. The van der Waals surface area contributed by atoms with Crippen LogP contribution in [0, 0.1) is 0 Å². The Morgan fingerprint density at radius 2 is 1.95 bits per heavy atom. The lowest BCUT2D eigenvalue weighted by atomic mass is 10.1. The van der Waals surface area contributed by atoms with Gasteiger partial charge in [-0.2, -0.15) is 0 Å². The van der Waals surface area contributed by atoms with E-state index < -0.39 is 0 Å². The Bertz CT molecular complexity index is 425. The maximum absolute atomic E-state index is 12.0. The van der Waals surface area contributed by atoms with Gasteiger partial charge in [-0.05, 0) is 37.1 Å². The van der Waals surface area contributed by atoms with Crippen LogP contribution in [0.25, 0.3) is 0 Å². The van der Waals surface area contributed by atoms with Crippen LogP contribution < -0.4 is 10.5 Å². The van der Waals surface area contributed by atoms with Gasteiger partial charge in [0.25, 0.3) is 0 Å². The van der Waals surface area contributed by atoms with Crippen molar-refractivity contribution in [3.63, 3.8) is 0 Å². The third-order valence-electron chi connectivity index (χ3n) is 3.59. The molecule has 0 atom stereocenters. The highest BCUT2D eigenvalue weighted by atomic mass is 16.5. The predicted octanol–water partition coefficient (Wildman–Crippen LogP) is 1.68. The number of likely N-dealkylation sites (tertiary alicyclic amines) is 1. The minimum absolute atomic E-state index is 0.148. The normalized spacial score (nSPS) is 16.1. The second-order valence-electron chi connectivity index (χ2n) is 4.98. The summed E-state index contributed by atoms with van der Waals surface area (Å²) >= 11 is 0. The average molecular weight is 278 g/mol. The number of nitrogens with zero attached hydrogens (tertiary/aromatic N) is 1. The molecule has 1 aromatic rings. The zero-order chi connectivity index (χ0) is 14.4. The topological polar surface area (TPSA) is 64.8 Å². The van der Waals surface area contributed by atoms with E-state index in [1.165, 1.54) is 0 Å². The number of hydrogen-bond acceptors (Lipinski definition) is 4. The van der Waals surface area contributed by atoms with Crippen LogP contribution >= 0.6 is 0 Å². The number of methoxy groups -OCH3 is 1. The van der Waals surface area contributed by atoms with Gasteiger partial charge in [-0.3, -0.25) is 4.79 Å². The molecule has 110 valence electrons. The number of carbonyl (C=O) groups is 1. The largest absolute Gasteiger partial charge is 0.493 e. The van der Waals surface area contributed by atoms with E-state index >= 15 is 0 Å². The molecule has 0 spiro atoms. The number of ether oxygens (including phenoxy) is 2. The number of amides is 1. The Hall–Kier alpha value is -1.75. The van der Waals surface area contributed by atoms with Crippen molar-refractivity contribution in [2.24, 2.45) is 0 Å². The Morgan fingerprint density at radius 3 is 2.55 bits per heavy atom. The number of piperidine rings is 1. The van der Waals surface area contributed by atoms with E-state index in [9.17, 15) is 4.79 Å². The molecule has 1 heterocycles. The van der Waals surface area contributed by atoms with Crippen molar-refractivity contribution >= 4 is 11.6 Å². The Morgan fingerprint density at radius 1 is 1.30 bits per heavy atom. The van der Waals surface area contributed by atoms with Crippen molar-refractivity contribution in [1.82, 2.24) is 4.90 Å². The number of nitrogens with two attached hydrogens (primary N) is 1. The molecule has 0 saturated carbocycles. The lowest BCUT2D eigenvalue weighted by molar-refractivity contribution is -0.134. The highest BCUT2D eigenvalue weighted by Gasteiger charge is 2.22. The van der Waals surface area contributed by atoms with Crippen molar-refractivity contribution in [1.29, 1.82) is 0 Å². The fourth-order valence-electron chi connectivity index (χ4n) is 2.32. The van der Waals surface area contributed by atoms with Crippen LogP contribution in [-0.2, 0) is 9.53 Å². The van der Waals surface area contributed by atoms with Crippen molar-refractivity contribution in [3.8, 4) is 5.75 Å². The first-order chi connectivity index (χ1) is 9.69. The van der Waals surface area contributed by atoms with E-state index in [-0.39, 0.29) is 5.91 Å². The molecule has 5 heteroatoms. The number of anilines is 1. The smallest absolute Gasteiger partial charge is 0.226 e. The standard InChI is InChI=1S/C15H22N2O3/c1-19-13-6-9-17(10-7-13)15(18)8-11-20-14-4-2-12(16)3-5-14/h2-5,13H,6-11,16H2,1H3. The Kier molecular flexibility index (Phi) is 5.24. The van der Waals surface area contributed by atoms with Crippen LogP contribution in [0.5, 0.6) is 5.75 Å². The fourth-order valence-corrected chi connectivity index (χ4v) is 2.32. The number of hydrogen-bond donors (Lipinski definition) is 1. The molecule has 20 heavy (non-hydrogen) atoms. The molecular formula is C15H22N2O3. The van der Waals surface area contributed by atoms with Gasteiger partial charge >= 0.3 is 0 Å². The summed E-state index contributed by atoms with van der Waals surface area (Å²) in [6.45, 7) is 1.95. The summed E-state index contributed by atoms with van der Waals surface area (Å²) in [6, 6.07) is 7.19. The molecule has 1 amide bonds. The van der Waals surface area contributed by atoms with Gasteiger partial charge in [0.1, 0.15) is 5.75 Å². The Balaban J connectivity index is 1.69. The molecule has 1 fully saturated rings. The van der Waals surface area contributed by atoms with E-state index in [0.29, 0.717) is 24.8 Å². The molecule has 5 nitrogen and oxygen atoms in total. The van der Waals surface area contributed by atoms with E-state index in [4.69, 9.17) is 15.2 Å². The summed E-state index contributed by atoms with van der Waals surface area (Å²) in [7, 11) is 1.72. The zero-order valence-corrected chi connectivity index (χ0v) is 11.9. The molecular weight excluding hydrogens is 256 g/mol. The lowest BCUT2D eigenvalue weighted by Crippen LogP contribution is -2.41. The molecule has 0 bridgehead atoms. The van der Waals surface area contributed by atoms with Gasteiger partial charge in [-0.1, -0.05) is 0 Å². The summed E-state index contributed by atoms with van der Waals surface area (Å²) in [6.07, 6.45) is 2.54. The molecule has 1 saturated heterocycles.